The van der Waals surface area contributed by atoms with Gasteiger partial charge in [-0.3, -0.25) is 0 Å². The number of likely N-dealkylation sites (N-methyl/N-ethyl adjacent to an activating group) is 1. The second kappa shape index (κ2) is 8.43. The van der Waals surface area contributed by atoms with Crippen LogP contribution in [-0.2, 0) is 19.0 Å². The van der Waals surface area contributed by atoms with Gasteiger partial charge in [0.15, 0.2) is 12.0 Å². The molecule has 0 radical (unpaired) electrons. The molecule has 5 rings (SSSR count). The molecule has 176 valence electrons. The lowest BCUT2D eigenvalue weighted by atomic mass is 9.95. The fraction of sp³-hybridized carbons (Fsp3) is 0.739. The third-order valence-corrected chi connectivity index (χ3v) is 6.68. The first kappa shape index (κ1) is 21.9. The van der Waals surface area contributed by atoms with E-state index in [0.29, 0.717) is 56.6 Å². The predicted molar refractivity (Wildman–Crippen MR) is 117 cm³/mol. The van der Waals surface area contributed by atoms with Gasteiger partial charge in [-0.2, -0.15) is 0 Å². The van der Waals surface area contributed by atoms with Crippen molar-refractivity contribution < 1.29 is 23.4 Å². The highest BCUT2D eigenvalue weighted by molar-refractivity contribution is 5.92. The summed E-state index contributed by atoms with van der Waals surface area (Å²) >= 11 is 0. The summed E-state index contributed by atoms with van der Waals surface area (Å²) in [5, 5.41) is 0. The SMILES string of the molecule is CCOC(=O)C1=CN(C2CC2)C2N=C(N3CCC4(C3)OCC(CN(C)C)O4)C(F)C=C2C1. The van der Waals surface area contributed by atoms with Crippen LogP contribution in [0.25, 0.3) is 0 Å². The summed E-state index contributed by atoms with van der Waals surface area (Å²) in [6, 6.07) is 0.340. The number of fused-ring (bicyclic) bond motifs is 1. The van der Waals surface area contributed by atoms with E-state index in [1.54, 1.807) is 13.0 Å². The Morgan fingerprint density at radius 3 is 2.94 bits per heavy atom. The molecule has 4 atom stereocenters. The van der Waals surface area contributed by atoms with Gasteiger partial charge in [-0.25, -0.2) is 14.2 Å². The summed E-state index contributed by atoms with van der Waals surface area (Å²) < 4.78 is 32.8. The summed E-state index contributed by atoms with van der Waals surface area (Å²) in [5.74, 6) is -0.559. The molecule has 5 aliphatic rings. The Hall–Kier alpha value is -1.97. The molecule has 0 aromatic heterocycles. The molecule has 1 spiro atoms. The lowest BCUT2D eigenvalue weighted by Crippen LogP contribution is -2.46. The molecule has 2 saturated heterocycles. The molecule has 4 heterocycles. The van der Waals surface area contributed by atoms with Crippen molar-refractivity contribution in [3.8, 4) is 0 Å². The molecule has 1 aliphatic carbocycles. The summed E-state index contributed by atoms with van der Waals surface area (Å²) in [6.45, 7) is 4.61. The Balaban J connectivity index is 1.33. The molecule has 32 heavy (non-hydrogen) atoms. The van der Waals surface area contributed by atoms with Crippen LogP contribution in [0.15, 0.2) is 28.4 Å². The number of carbonyl (C=O) groups is 1. The van der Waals surface area contributed by atoms with E-state index in [1.807, 2.05) is 25.2 Å². The van der Waals surface area contributed by atoms with Crippen molar-refractivity contribution in [2.24, 2.45) is 4.99 Å². The van der Waals surface area contributed by atoms with E-state index in [0.717, 1.165) is 25.0 Å². The number of rotatable bonds is 5. The number of dihydropyridines is 1. The Morgan fingerprint density at radius 2 is 2.22 bits per heavy atom. The van der Waals surface area contributed by atoms with Crippen LogP contribution in [-0.4, -0.2) is 104 Å². The lowest BCUT2D eigenvalue weighted by Gasteiger charge is -2.39. The van der Waals surface area contributed by atoms with Crippen molar-refractivity contribution in [3.05, 3.63) is 23.4 Å². The van der Waals surface area contributed by atoms with Crippen LogP contribution in [0.5, 0.6) is 0 Å². The lowest BCUT2D eigenvalue weighted by molar-refractivity contribution is -0.156. The zero-order chi connectivity index (χ0) is 22.5. The fourth-order valence-electron chi connectivity index (χ4n) is 5.11. The average Bonchev–Trinajstić information content (AvgIpc) is 3.41. The van der Waals surface area contributed by atoms with E-state index in [4.69, 9.17) is 19.2 Å². The molecule has 1 saturated carbocycles. The van der Waals surface area contributed by atoms with E-state index >= 15 is 4.39 Å². The van der Waals surface area contributed by atoms with E-state index in [1.165, 1.54) is 0 Å². The number of halogens is 1. The maximum absolute atomic E-state index is 15.3. The minimum absolute atomic E-state index is 0.0288. The number of nitrogens with zero attached hydrogens (tertiary/aromatic N) is 4. The van der Waals surface area contributed by atoms with E-state index < -0.39 is 12.0 Å². The van der Waals surface area contributed by atoms with Gasteiger partial charge in [0.2, 0.25) is 0 Å². The predicted octanol–water partition coefficient (Wildman–Crippen LogP) is 1.68. The van der Waals surface area contributed by atoms with E-state index in [-0.39, 0.29) is 18.2 Å². The molecule has 0 N–H and O–H groups in total. The Morgan fingerprint density at radius 1 is 1.41 bits per heavy atom. The Bertz CT molecular complexity index is 855. The smallest absolute Gasteiger partial charge is 0.335 e. The Labute approximate surface area is 188 Å². The van der Waals surface area contributed by atoms with Gasteiger partial charge in [0.25, 0.3) is 0 Å². The number of ether oxygens (including phenoxy) is 3. The van der Waals surface area contributed by atoms with Crippen molar-refractivity contribution >= 4 is 11.8 Å². The molecule has 0 aromatic carbocycles. The van der Waals surface area contributed by atoms with Crippen LogP contribution >= 0.6 is 0 Å². The van der Waals surface area contributed by atoms with Gasteiger partial charge in [-0.05, 0) is 45.5 Å². The molecule has 0 aromatic rings. The van der Waals surface area contributed by atoms with Crippen molar-refractivity contribution in [2.75, 3.05) is 46.9 Å². The average molecular weight is 449 g/mol. The maximum Gasteiger partial charge on any atom is 0.335 e. The largest absolute Gasteiger partial charge is 0.463 e. The van der Waals surface area contributed by atoms with Crippen LogP contribution in [0.4, 0.5) is 4.39 Å². The molecule has 8 nitrogen and oxygen atoms in total. The van der Waals surface area contributed by atoms with E-state index in [2.05, 4.69) is 9.80 Å². The topological polar surface area (TPSA) is 66.8 Å². The Kier molecular flexibility index (Phi) is 5.75. The fourth-order valence-corrected chi connectivity index (χ4v) is 5.11. The summed E-state index contributed by atoms with van der Waals surface area (Å²) in [5.41, 5.74) is 1.42. The minimum Gasteiger partial charge on any atom is -0.463 e. The first-order valence-electron chi connectivity index (χ1n) is 11.7. The van der Waals surface area contributed by atoms with Gasteiger partial charge in [-0.1, -0.05) is 0 Å². The standard InChI is InChI=1S/C23H33FN4O4/c1-4-30-22(29)16-9-15-10-19(24)21(25-20(15)28(11-16)17-5-6-17)27-8-7-23(14-27)31-13-18(32-23)12-26(2)3/h10-11,17-20H,4-9,12-14H2,1-3H3. The normalized spacial score (nSPS) is 34.5. The van der Waals surface area contributed by atoms with Crippen LogP contribution in [0.2, 0.25) is 0 Å². The summed E-state index contributed by atoms with van der Waals surface area (Å²) in [6.07, 6.45) is 5.19. The van der Waals surface area contributed by atoms with Gasteiger partial charge < -0.3 is 28.9 Å². The second-order valence-electron chi connectivity index (χ2n) is 9.63. The highest BCUT2D eigenvalue weighted by Gasteiger charge is 2.49. The third kappa shape index (κ3) is 4.18. The number of hydrogen-bond acceptors (Lipinski definition) is 8. The number of aliphatic imine (C=N–C) groups is 1. The highest BCUT2D eigenvalue weighted by atomic mass is 19.1. The number of hydrogen-bond donors (Lipinski definition) is 0. The quantitative estimate of drug-likeness (QED) is 0.468. The van der Waals surface area contributed by atoms with Crippen LogP contribution < -0.4 is 0 Å². The van der Waals surface area contributed by atoms with Crippen LogP contribution in [0, 0.1) is 0 Å². The molecule has 9 heteroatoms. The number of likely N-dealkylation sites (tertiary alicyclic amines) is 1. The third-order valence-electron chi connectivity index (χ3n) is 6.68. The minimum atomic E-state index is -1.31. The van der Waals surface area contributed by atoms with Crippen molar-refractivity contribution in [1.82, 2.24) is 14.7 Å². The van der Waals surface area contributed by atoms with Crippen molar-refractivity contribution in [1.29, 1.82) is 0 Å². The van der Waals surface area contributed by atoms with Gasteiger partial charge in [0, 0.05) is 38.2 Å². The van der Waals surface area contributed by atoms with Gasteiger partial charge >= 0.3 is 5.97 Å². The first-order valence-corrected chi connectivity index (χ1v) is 11.7. The van der Waals surface area contributed by atoms with Gasteiger partial charge in [0.05, 0.1) is 31.4 Å². The molecule has 4 aliphatic heterocycles. The molecule has 0 amide bonds. The van der Waals surface area contributed by atoms with Crippen LogP contribution in [0.1, 0.15) is 32.6 Å². The number of carbonyl (C=O) groups excluding carboxylic acids is 1. The zero-order valence-electron chi connectivity index (χ0n) is 19.1. The second-order valence-corrected chi connectivity index (χ2v) is 9.63. The first-order chi connectivity index (χ1) is 15.4. The van der Waals surface area contributed by atoms with Crippen molar-refractivity contribution in [3.63, 3.8) is 0 Å². The zero-order valence-corrected chi connectivity index (χ0v) is 19.1. The molecule has 4 unspecified atom stereocenters. The highest BCUT2D eigenvalue weighted by Crippen LogP contribution is 2.40. The summed E-state index contributed by atoms with van der Waals surface area (Å²) in [7, 11) is 4.03. The monoisotopic (exact) mass is 448 g/mol. The molecular weight excluding hydrogens is 415 g/mol. The van der Waals surface area contributed by atoms with Gasteiger partial charge in [-0.15, -0.1) is 0 Å². The number of alkyl halides is 1. The number of amidine groups is 1. The molecule has 3 fully saturated rings. The maximum atomic E-state index is 15.3. The van der Waals surface area contributed by atoms with Crippen LogP contribution in [0.3, 0.4) is 0 Å². The van der Waals surface area contributed by atoms with E-state index in [9.17, 15) is 4.79 Å². The molecule has 0 bridgehead atoms. The van der Waals surface area contributed by atoms with Crippen molar-refractivity contribution in [2.45, 2.75) is 62.9 Å². The number of esters is 1. The molecular formula is C23H33FN4O4. The van der Waals surface area contributed by atoms with Gasteiger partial charge in [0.1, 0.15) is 12.0 Å². The summed E-state index contributed by atoms with van der Waals surface area (Å²) in [4.78, 5) is 23.4.